The van der Waals surface area contributed by atoms with Gasteiger partial charge in [0.05, 0.1) is 0 Å². The Kier molecular flexibility index (Phi) is 2.09. The third-order valence-corrected chi connectivity index (χ3v) is 4.71. The summed E-state index contributed by atoms with van der Waals surface area (Å²) in [6.07, 6.45) is 5.96. The fourth-order valence-corrected chi connectivity index (χ4v) is 3.81. The Morgan fingerprint density at radius 2 is 2.35 bits per heavy atom. The lowest BCUT2D eigenvalue weighted by Crippen LogP contribution is -2.48. The molecule has 3 heteroatoms. The zero-order valence-electron chi connectivity index (χ0n) is 10.2. The first kappa shape index (κ1) is 11.0. The van der Waals surface area contributed by atoms with Crippen LogP contribution in [-0.2, 0) is 9.53 Å². The number of carbonyl (C=O) groups is 1. The molecule has 0 aromatic rings. The first-order valence-corrected chi connectivity index (χ1v) is 6.27. The molecule has 0 radical (unpaired) electrons. The second kappa shape index (κ2) is 3.22. The lowest BCUT2D eigenvalue weighted by atomic mass is 9.56. The van der Waals surface area contributed by atoms with Crippen molar-refractivity contribution in [2.45, 2.75) is 44.8 Å². The van der Waals surface area contributed by atoms with Crippen LogP contribution in [0.15, 0.2) is 23.8 Å². The molecular formula is C14H18O3. The maximum atomic E-state index is 11.3. The fraction of sp³-hybridized carbons (Fsp3) is 0.643. The predicted octanol–water partition coefficient (Wildman–Crippen LogP) is 2.31. The molecule has 0 unspecified atom stereocenters. The van der Waals surface area contributed by atoms with Gasteiger partial charge in [-0.15, -0.1) is 0 Å². The molecule has 0 aromatic carbocycles. The summed E-state index contributed by atoms with van der Waals surface area (Å²) in [5, 5.41) is 10.4. The summed E-state index contributed by atoms with van der Waals surface area (Å²) in [5.41, 5.74) is 2.03. The highest BCUT2D eigenvalue weighted by atomic mass is 16.7. The minimum atomic E-state index is -1.33. The average molecular weight is 234 g/mol. The molecule has 2 aliphatic carbocycles. The van der Waals surface area contributed by atoms with E-state index in [0.717, 1.165) is 31.3 Å². The van der Waals surface area contributed by atoms with Gasteiger partial charge in [-0.2, -0.15) is 0 Å². The molecule has 0 spiro atoms. The molecule has 3 nitrogen and oxygen atoms in total. The number of rotatable bonds is 0. The second-order valence-electron chi connectivity index (χ2n) is 5.97. The Morgan fingerprint density at radius 3 is 3.12 bits per heavy atom. The van der Waals surface area contributed by atoms with E-state index in [1.165, 1.54) is 11.6 Å². The summed E-state index contributed by atoms with van der Waals surface area (Å²) in [6, 6.07) is 0. The van der Waals surface area contributed by atoms with Crippen molar-refractivity contribution < 1.29 is 14.6 Å². The number of carbonyl (C=O) groups excluding carboxylic acids is 1. The normalized spacial score (nSPS) is 44.8. The smallest absolute Gasteiger partial charge is 0.333 e. The van der Waals surface area contributed by atoms with E-state index < -0.39 is 11.8 Å². The zero-order chi connectivity index (χ0) is 12.3. The summed E-state index contributed by atoms with van der Waals surface area (Å²) < 4.78 is 5.10. The lowest BCUT2D eigenvalue weighted by molar-refractivity contribution is -0.202. The number of aliphatic hydroxyl groups is 1. The molecule has 3 atom stereocenters. The van der Waals surface area contributed by atoms with Gasteiger partial charge in [0.2, 0.25) is 5.79 Å². The van der Waals surface area contributed by atoms with E-state index in [4.69, 9.17) is 4.74 Å². The van der Waals surface area contributed by atoms with Crippen LogP contribution in [0, 0.1) is 11.3 Å². The van der Waals surface area contributed by atoms with Crippen LogP contribution in [-0.4, -0.2) is 16.9 Å². The van der Waals surface area contributed by atoms with E-state index in [1.54, 1.807) is 0 Å². The summed E-state index contributed by atoms with van der Waals surface area (Å²) >= 11 is 0. The monoisotopic (exact) mass is 234 g/mol. The Morgan fingerprint density at radius 1 is 1.59 bits per heavy atom. The van der Waals surface area contributed by atoms with Gasteiger partial charge < -0.3 is 9.84 Å². The molecule has 1 N–H and O–H groups in total. The van der Waals surface area contributed by atoms with Gasteiger partial charge >= 0.3 is 5.97 Å². The van der Waals surface area contributed by atoms with E-state index in [1.807, 2.05) is 0 Å². The molecule has 1 aliphatic heterocycles. The average Bonchev–Trinajstić information content (AvgIpc) is 2.47. The topological polar surface area (TPSA) is 46.5 Å². The lowest BCUT2D eigenvalue weighted by Gasteiger charge is -2.50. The molecule has 2 saturated carbocycles. The van der Waals surface area contributed by atoms with Crippen molar-refractivity contribution in [2.24, 2.45) is 11.3 Å². The molecular weight excluding hydrogens is 216 g/mol. The number of fused-ring (bicyclic) bond motifs is 2. The van der Waals surface area contributed by atoms with Crippen molar-refractivity contribution in [1.29, 1.82) is 0 Å². The molecule has 0 saturated heterocycles. The number of hydrogen-bond acceptors (Lipinski definition) is 3. The van der Waals surface area contributed by atoms with Crippen LogP contribution in [0.2, 0.25) is 0 Å². The maximum absolute atomic E-state index is 11.3. The van der Waals surface area contributed by atoms with Crippen molar-refractivity contribution >= 4 is 5.97 Å². The van der Waals surface area contributed by atoms with Gasteiger partial charge in [-0.1, -0.05) is 19.1 Å². The molecule has 1 heterocycles. The molecule has 17 heavy (non-hydrogen) atoms. The van der Waals surface area contributed by atoms with Gasteiger partial charge in [-0.25, -0.2) is 4.79 Å². The van der Waals surface area contributed by atoms with Crippen LogP contribution in [0.3, 0.4) is 0 Å². The SMILES string of the molecule is C=C1CCC[C@]2(C)C[C@]3(O)OC(=O)C=C3C[C@@H]12. The highest BCUT2D eigenvalue weighted by molar-refractivity contribution is 5.86. The Balaban J connectivity index is 1.99. The van der Waals surface area contributed by atoms with Crippen LogP contribution in [0.4, 0.5) is 0 Å². The molecule has 3 rings (SSSR count). The van der Waals surface area contributed by atoms with Gasteiger partial charge in [0.15, 0.2) is 0 Å². The minimum absolute atomic E-state index is 0.0199. The van der Waals surface area contributed by atoms with E-state index in [-0.39, 0.29) is 5.41 Å². The van der Waals surface area contributed by atoms with Crippen LogP contribution in [0.25, 0.3) is 0 Å². The number of esters is 1. The van der Waals surface area contributed by atoms with Crippen LogP contribution >= 0.6 is 0 Å². The second-order valence-corrected chi connectivity index (χ2v) is 5.97. The molecule has 3 aliphatic rings. The van der Waals surface area contributed by atoms with Crippen molar-refractivity contribution in [1.82, 2.24) is 0 Å². The fourth-order valence-electron chi connectivity index (χ4n) is 3.81. The standard InChI is InChI=1S/C14H18O3/c1-9-4-3-5-13(2)8-14(16)10(6-11(9)13)7-12(15)17-14/h7,11,16H,1,3-6,8H2,2H3/t11-,13+,14-/m0/s1. The van der Waals surface area contributed by atoms with Gasteiger partial charge in [-0.05, 0) is 37.0 Å². The van der Waals surface area contributed by atoms with Gasteiger partial charge in [0, 0.05) is 18.1 Å². The van der Waals surface area contributed by atoms with E-state index in [9.17, 15) is 9.90 Å². The Hall–Kier alpha value is -1.09. The van der Waals surface area contributed by atoms with Gasteiger partial charge in [0.1, 0.15) is 0 Å². The van der Waals surface area contributed by atoms with Crippen LogP contribution in [0.5, 0.6) is 0 Å². The minimum Gasteiger partial charge on any atom is -0.426 e. The molecule has 2 fully saturated rings. The maximum Gasteiger partial charge on any atom is 0.333 e. The first-order valence-electron chi connectivity index (χ1n) is 6.27. The first-order chi connectivity index (χ1) is 7.93. The van der Waals surface area contributed by atoms with Crippen molar-refractivity contribution in [3.8, 4) is 0 Å². The largest absolute Gasteiger partial charge is 0.426 e. The molecule has 92 valence electrons. The number of hydrogen-bond donors (Lipinski definition) is 1. The summed E-state index contributed by atoms with van der Waals surface area (Å²) in [4.78, 5) is 11.3. The predicted molar refractivity (Wildman–Crippen MR) is 62.9 cm³/mol. The molecule has 0 aromatic heterocycles. The van der Waals surface area contributed by atoms with Crippen LogP contribution < -0.4 is 0 Å². The van der Waals surface area contributed by atoms with Crippen molar-refractivity contribution in [3.05, 3.63) is 23.8 Å². The number of allylic oxidation sites excluding steroid dienone is 1. The Bertz CT molecular complexity index is 437. The third kappa shape index (κ3) is 1.48. The van der Waals surface area contributed by atoms with E-state index in [0.29, 0.717) is 12.3 Å². The zero-order valence-corrected chi connectivity index (χ0v) is 10.2. The summed E-state index contributed by atoms with van der Waals surface area (Å²) in [7, 11) is 0. The van der Waals surface area contributed by atoms with Crippen molar-refractivity contribution in [2.75, 3.05) is 0 Å². The van der Waals surface area contributed by atoms with Crippen molar-refractivity contribution in [3.63, 3.8) is 0 Å². The van der Waals surface area contributed by atoms with Crippen LogP contribution in [0.1, 0.15) is 39.0 Å². The molecule has 0 amide bonds. The highest BCUT2D eigenvalue weighted by Crippen LogP contribution is 2.57. The van der Waals surface area contributed by atoms with E-state index >= 15 is 0 Å². The quantitative estimate of drug-likeness (QED) is 0.517. The van der Waals surface area contributed by atoms with E-state index in [2.05, 4.69) is 13.5 Å². The highest BCUT2D eigenvalue weighted by Gasteiger charge is 2.55. The third-order valence-electron chi connectivity index (χ3n) is 4.71. The summed E-state index contributed by atoms with van der Waals surface area (Å²) in [6.45, 7) is 6.35. The Labute approximate surface area is 101 Å². The summed E-state index contributed by atoms with van der Waals surface area (Å²) in [5.74, 6) is -1.35. The van der Waals surface area contributed by atoms with Gasteiger partial charge in [0.25, 0.3) is 0 Å². The molecule has 0 bridgehead atoms. The van der Waals surface area contributed by atoms with Gasteiger partial charge in [-0.3, -0.25) is 0 Å². The number of ether oxygens (including phenoxy) is 1.